The molecule has 1 N–H and O–H groups in total. The van der Waals surface area contributed by atoms with E-state index in [-0.39, 0.29) is 0 Å². The van der Waals surface area contributed by atoms with Gasteiger partial charge in [-0.25, -0.2) is 0 Å². The first kappa shape index (κ1) is 15.3. The van der Waals surface area contributed by atoms with Gasteiger partial charge in [0.05, 0.1) is 0 Å². The van der Waals surface area contributed by atoms with E-state index < -0.39 is 0 Å². The Hall–Kier alpha value is -0.120. The van der Waals surface area contributed by atoms with E-state index in [1.807, 2.05) is 0 Å². The van der Waals surface area contributed by atoms with Crippen molar-refractivity contribution in [1.82, 2.24) is 15.1 Å². The highest BCUT2D eigenvalue weighted by atomic mass is 15.2. The number of hydrogen-bond acceptors (Lipinski definition) is 3. The molecule has 0 aliphatic carbocycles. The highest BCUT2D eigenvalue weighted by Crippen LogP contribution is 2.21. The number of rotatable bonds is 3. The number of piperidine rings is 2. The number of likely N-dealkylation sites (tertiary alicyclic amines) is 2. The van der Waals surface area contributed by atoms with E-state index >= 15 is 0 Å². The second kappa shape index (κ2) is 6.55. The summed E-state index contributed by atoms with van der Waals surface area (Å²) in [5.74, 6) is 0.874. The van der Waals surface area contributed by atoms with Gasteiger partial charge < -0.3 is 10.2 Å². The molecule has 0 radical (unpaired) electrons. The average molecular weight is 267 g/mol. The molecular weight excluding hydrogens is 234 g/mol. The van der Waals surface area contributed by atoms with Crippen molar-refractivity contribution in [2.24, 2.45) is 5.92 Å². The molecule has 2 fully saturated rings. The summed E-state index contributed by atoms with van der Waals surface area (Å²) in [5, 5.41) is 3.83. The smallest absolute Gasteiger partial charge is 0.0125 e. The molecule has 0 aromatic carbocycles. The Labute approximate surface area is 119 Å². The summed E-state index contributed by atoms with van der Waals surface area (Å²) in [6, 6.07) is 0.755. The molecule has 19 heavy (non-hydrogen) atoms. The molecule has 112 valence electrons. The zero-order valence-electron chi connectivity index (χ0n) is 13.4. The van der Waals surface area contributed by atoms with Crippen LogP contribution in [0.1, 0.15) is 46.5 Å². The second-order valence-electron chi connectivity index (χ2n) is 7.61. The van der Waals surface area contributed by atoms with Crippen molar-refractivity contribution in [3.8, 4) is 0 Å². The van der Waals surface area contributed by atoms with Crippen molar-refractivity contribution in [2.75, 3.05) is 39.8 Å². The summed E-state index contributed by atoms with van der Waals surface area (Å²) in [7, 11) is 2.26. The summed E-state index contributed by atoms with van der Waals surface area (Å²) < 4.78 is 0. The van der Waals surface area contributed by atoms with Crippen LogP contribution in [0.2, 0.25) is 0 Å². The van der Waals surface area contributed by atoms with Crippen LogP contribution in [0.15, 0.2) is 0 Å². The van der Waals surface area contributed by atoms with Crippen molar-refractivity contribution in [3.05, 3.63) is 0 Å². The van der Waals surface area contributed by atoms with Crippen LogP contribution < -0.4 is 5.32 Å². The lowest BCUT2D eigenvalue weighted by molar-refractivity contribution is 0.0938. The molecule has 2 heterocycles. The predicted octanol–water partition coefficient (Wildman–Crippen LogP) is 2.18. The van der Waals surface area contributed by atoms with Crippen molar-refractivity contribution >= 4 is 0 Å². The minimum absolute atomic E-state index is 0.344. The summed E-state index contributed by atoms with van der Waals surface area (Å²) >= 11 is 0. The molecule has 2 rings (SSSR count). The maximum absolute atomic E-state index is 3.83. The highest BCUT2D eigenvalue weighted by molar-refractivity contribution is 4.85. The van der Waals surface area contributed by atoms with E-state index in [2.05, 4.69) is 42.9 Å². The predicted molar refractivity (Wildman–Crippen MR) is 82.6 cm³/mol. The minimum atomic E-state index is 0.344. The largest absolute Gasteiger partial charge is 0.314 e. The third kappa shape index (κ3) is 4.73. The fourth-order valence-electron chi connectivity index (χ4n) is 3.53. The van der Waals surface area contributed by atoms with E-state index in [4.69, 9.17) is 0 Å². The molecule has 3 heteroatoms. The molecule has 0 amide bonds. The van der Waals surface area contributed by atoms with E-state index in [1.165, 1.54) is 58.4 Å². The molecule has 0 aromatic rings. The van der Waals surface area contributed by atoms with Crippen LogP contribution in [0, 0.1) is 5.92 Å². The lowest BCUT2D eigenvalue weighted by Gasteiger charge is -2.41. The monoisotopic (exact) mass is 267 g/mol. The average Bonchev–Trinajstić information content (AvgIpc) is 2.36. The Balaban J connectivity index is 1.66. The van der Waals surface area contributed by atoms with Crippen molar-refractivity contribution in [1.29, 1.82) is 0 Å². The van der Waals surface area contributed by atoms with Gasteiger partial charge in [-0.05, 0) is 72.5 Å². The SMILES string of the molecule is CN1CCCC(CNC2CCN(C(C)(C)C)CC2)C1. The summed E-state index contributed by atoms with van der Waals surface area (Å²) in [4.78, 5) is 5.11. The van der Waals surface area contributed by atoms with Crippen LogP contribution >= 0.6 is 0 Å². The molecule has 2 aliphatic rings. The van der Waals surface area contributed by atoms with Crippen LogP contribution in [0.5, 0.6) is 0 Å². The standard InChI is InChI=1S/C16H33N3/c1-16(2,3)19-10-7-15(8-11-19)17-12-14-6-5-9-18(4)13-14/h14-15,17H,5-13H2,1-4H3. The van der Waals surface area contributed by atoms with Gasteiger partial charge in [-0.3, -0.25) is 4.90 Å². The molecular formula is C16H33N3. The van der Waals surface area contributed by atoms with Gasteiger partial charge in [-0.15, -0.1) is 0 Å². The van der Waals surface area contributed by atoms with Crippen LogP contribution in [-0.2, 0) is 0 Å². The fraction of sp³-hybridized carbons (Fsp3) is 1.00. The van der Waals surface area contributed by atoms with Gasteiger partial charge in [0.1, 0.15) is 0 Å². The normalized spacial score (nSPS) is 28.7. The molecule has 1 unspecified atom stereocenters. The van der Waals surface area contributed by atoms with E-state index in [0.717, 1.165) is 12.0 Å². The first-order chi connectivity index (χ1) is 8.95. The number of nitrogens with zero attached hydrogens (tertiary/aromatic N) is 2. The molecule has 2 aliphatic heterocycles. The maximum Gasteiger partial charge on any atom is 0.0125 e. The Morgan fingerprint density at radius 3 is 2.32 bits per heavy atom. The van der Waals surface area contributed by atoms with Crippen molar-refractivity contribution < 1.29 is 0 Å². The molecule has 0 aromatic heterocycles. The lowest BCUT2D eigenvalue weighted by atomic mass is 9.95. The third-order valence-corrected chi connectivity index (χ3v) is 4.86. The molecule has 0 spiro atoms. The third-order valence-electron chi connectivity index (χ3n) is 4.86. The summed E-state index contributed by atoms with van der Waals surface area (Å²) in [6.07, 6.45) is 5.43. The topological polar surface area (TPSA) is 18.5 Å². The van der Waals surface area contributed by atoms with Gasteiger partial charge in [0, 0.05) is 31.2 Å². The van der Waals surface area contributed by atoms with Gasteiger partial charge in [0.15, 0.2) is 0 Å². The minimum Gasteiger partial charge on any atom is -0.314 e. The first-order valence-corrected chi connectivity index (χ1v) is 8.12. The van der Waals surface area contributed by atoms with Crippen LogP contribution in [0.4, 0.5) is 0 Å². The van der Waals surface area contributed by atoms with Crippen LogP contribution in [0.3, 0.4) is 0 Å². The Bertz CT molecular complexity index is 264. The fourth-order valence-corrected chi connectivity index (χ4v) is 3.53. The number of hydrogen-bond donors (Lipinski definition) is 1. The molecule has 1 atom stereocenters. The molecule has 3 nitrogen and oxygen atoms in total. The van der Waals surface area contributed by atoms with Crippen molar-refractivity contribution in [3.63, 3.8) is 0 Å². The zero-order chi connectivity index (χ0) is 13.9. The van der Waals surface area contributed by atoms with Gasteiger partial charge >= 0.3 is 0 Å². The van der Waals surface area contributed by atoms with E-state index in [9.17, 15) is 0 Å². The zero-order valence-corrected chi connectivity index (χ0v) is 13.4. The van der Waals surface area contributed by atoms with Gasteiger partial charge in [0.2, 0.25) is 0 Å². The maximum atomic E-state index is 3.83. The quantitative estimate of drug-likeness (QED) is 0.845. The van der Waals surface area contributed by atoms with Gasteiger partial charge in [-0.1, -0.05) is 0 Å². The molecule has 2 saturated heterocycles. The van der Waals surface area contributed by atoms with Crippen molar-refractivity contribution in [2.45, 2.75) is 58.0 Å². The first-order valence-electron chi connectivity index (χ1n) is 8.12. The van der Waals surface area contributed by atoms with Crippen LogP contribution in [-0.4, -0.2) is 61.2 Å². The second-order valence-corrected chi connectivity index (χ2v) is 7.61. The summed E-state index contributed by atoms with van der Waals surface area (Å²) in [6.45, 7) is 13.3. The molecule has 0 bridgehead atoms. The number of nitrogens with one attached hydrogen (secondary N) is 1. The molecule has 0 saturated carbocycles. The van der Waals surface area contributed by atoms with Crippen LogP contribution in [0.25, 0.3) is 0 Å². The van der Waals surface area contributed by atoms with Gasteiger partial charge in [-0.2, -0.15) is 0 Å². The Kier molecular flexibility index (Phi) is 5.27. The van der Waals surface area contributed by atoms with E-state index in [1.54, 1.807) is 0 Å². The Morgan fingerprint density at radius 1 is 1.05 bits per heavy atom. The Morgan fingerprint density at radius 2 is 1.74 bits per heavy atom. The van der Waals surface area contributed by atoms with Gasteiger partial charge in [0.25, 0.3) is 0 Å². The lowest BCUT2D eigenvalue weighted by Crippen LogP contribution is -2.51. The summed E-state index contributed by atoms with van der Waals surface area (Å²) in [5.41, 5.74) is 0.344. The van der Waals surface area contributed by atoms with E-state index in [0.29, 0.717) is 5.54 Å². The highest BCUT2D eigenvalue weighted by Gasteiger charge is 2.27.